The van der Waals surface area contributed by atoms with Crippen LogP contribution in [0.3, 0.4) is 0 Å². The van der Waals surface area contributed by atoms with Crippen molar-refractivity contribution in [2.75, 3.05) is 26.3 Å². The molecule has 0 aromatic heterocycles. The van der Waals surface area contributed by atoms with Crippen molar-refractivity contribution in [3.8, 4) is 0 Å². The van der Waals surface area contributed by atoms with Gasteiger partial charge in [-0.25, -0.2) is 0 Å². The average Bonchev–Trinajstić information content (AvgIpc) is 2.70. The van der Waals surface area contributed by atoms with Crippen LogP contribution in [0.5, 0.6) is 0 Å². The Labute approximate surface area is 168 Å². The zero-order chi connectivity index (χ0) is 19.9. The first-order valence-electron chi connectivity index (χ1n) is 11.0. The molecule has 2 N–H and O–H groups in total. The summed E-state index contributed by atoms with van der Waals surface area (Å²) in [6, 6.07) is -0.0936. The number of nitrogens with zero attached hydrogens (tertiary/aromatic N) is 1. The van der Waals surface area contributed by atoms with Crippen LogP contribution in [0.1, 0.15) is 64.7 Å². The maximum Gasteiger partial charge on any atom is 0.222 e. The van der Waals surface area contributed by atoms with Crippen molar-refractivity contribution in [2.24, 2.45) is 5.92 Å². The fourth-order valence-electron chi connectivity index (χ4n) is 4.76. The molecule has 0 unspecified atom stereocenters. The molecule has 1 aliphatic carbocycles. The highest BCUT2D eigenvalue weighted by molar-refractivity contribution is 5.77. The molecule has 160 valence electrons. The van der Waals surface area contributed by atoms with E-state index in [1.54, 1.807) is 4.90 Å². The summed E-state index contributed by atoms with van der Waals surface area (Å²) in [7, 11) is 0. The summed E-state index contributed by atoms with van der Waals surface area (Å²) in [6.07, 6.45) is 7.53. The predicted molar refractivity (Wildman–Crippen MR) is 105 cm³/mol. The lowest BCUT2D eigenvalue weighted by molar-refractivity contribution is -0.169. The van der Waals surface area contributed by atoms with Gasteiger partial charge in [0.25, 0.3) is 0 Å². The molecule has 2 amide bonds. The third kappa shape index (κ3) is 5.91. The molecule has 7 heteroatoms. The van der Waals surface area contributed by atoms with Crippen molar-refractivity contribution >= 4 is 11.8 Å². The van der Waals surface area contributed by atoms with Crippen molar-refractivity contribution in [3.05, 3.63) is 0 Å². The monoisotopic (exact) mass is 396 g/mol. The maximum atomic E-state index is 12.4. The molecule has 0 aromatic carbocycles. The van der Waals surface area contributed by atoms with E-state index < -0.39 is 6.10 Å². The van der Waals surface area contributed by atoms with Crippen LogP contribution in [0.25, 0.3) is 0 Å². The molecule has 3 rings (SSSR count). The number of carbonyl (C=O) groups excluding carboxylic acids is 2. The Kier molecular flexibility index (Phi) is 8.11. The number of hydrogen-bond donors (Lipinski definition) is 2. The van der Waals surface area contributed by atoms with Crippen LogP contribution in [0, 0.1) is 5.92 Å². The van der Waals surface area contributed by atoms with Crippen LogP contribution in [-0.2, 0) is 19.1 Å². The normalized spacial score (nSPS) is 32.1. The first-order valence-corrected chi connectivity index (χ1v) is 11.0. The van der Waals surface area contributed by atoms with Gasteiger partial charge in [0.15, 0.2) is 0 Å². The molecule has 0 aromatic rings. The van der Waals surface area contributed by atoms with Gasteiger partial charge in [-0.3, -0.25) is 9.59 Å². The van der Waals surface area contributed by atoms with E-state index in [4.69, 9.17) is 9.47 Å². The summed E-state index contributed by atoms with van der Waals surface area (Å²) in [4.78, 5) is 26.5. The van der Waals surface area contributed by atoms with Crippen LogP contribution in [0.2, 0.25) is 0 Å². The second-order valence-electron chi connectivity index (χ2n) is 8.54. The second kappa shape index (κ2) is 10.6. The van der Waals surface area contributed by atoms with E-state index in [-0.39, 0.29) is 43.2 Å². The number of ether oxygens (including phenoxy) is 2. The van der Waals surface area contributed by atoms with E-state index in [0.29, 0.717) is 25.4 Å². The molecule has 28 heavy (non-hydrogen) atoms. The van der Waals surface area contributed by atoms with Crippen molar-refractivity contribution in [2.45, 2.75) is 89.1 Å². The van der Waals surface area contributed by atoms with Crippen molar-refractivity contribution in [1.82, 2.24) is 10.2 Å². The van der Waals surface area contributed by atoms with E-state index >= 15 is 0 Å². The Morgan fingerprint density at radius 2 is 1.89 bits per heavy atom. The quantitative estimate of drug-likeness (QED) is 0.737. The Hall–Kier alpha value is -1.18. The molecule has 3 fully saturated rings. The molecular weight excluding hydrogens is 360 g/mol. The van der Waals surface area contributed by atoms with Gasteiger partial charge < -0.3 is 24.8 Å². The lowest BCUT2D eigenvalue weighted by Crippen LogP contribution is -2.57. The van der Waals surface area contributed by atoms with Crippen molar-refractivity contribution < 1.29 is 24.2 Å². The van der Waals surface area contributed by atoms with E-state index in [0.717, 1.165) is 19.4 Å². The molecular formula is C21H36N2O5. The summed E-state index contributed by atoms with van der Waals surface area (Å²) in [6.45, 7) is 3.44. The summed E-state index contributed by atoms with van der Waals surface area (Å²) in [5.74, 6) is 0.703. The Bertz CT molecular complexity index is 523. The maximum absolute atomic E-state index is 12.4. The predicted octanol–water partition coefficient (Wildman–Crippen LogP) is 1.62. The number of β-amino-alcohol motifs (C(OH)–C–C–N with tert-alkyl or cyclic N) is 1. The van der Waals surface area contributed by atoms with Gasteiger partial charge in [0.05, 0.1) is 37.9 Å². The molecule has 1 saturated carbocycles. The zero-order valence-electron chi connectivity index (χ0n) is 17.1. The Balaban J connectivity index is 1.50. The van der Waals surface area contributed by atoms with Crippen LogP contribution < -0.4 is 5.32 Å². The average molecular weight is 397 g/mol. The van der Waals surface area contributed by atoms with E-state index in [1.165, 1.54) is 32.1 Å². The van der Waals surface area contributed by atoms with Crippen LogP contribution in [-0.4, -0.2) is 72.5 Å². The van der Waals surface area contributed by atoms with E-state index in [1.807, 2.05) is 6.92 Å². The number of aliphatic hydroxyl groups excluding tert-OH is 1. The minimum absolute atomic E-state index is 0.0308. The number of carbonyl (C=O) groups is 2. The van der Waals surface area contributed by atoms with Gasteiger partial charge in [0.2, 0.25) is 11.8 Å². The van der Waals surface area contributed by atoms with Gasteiger partial charge in [-0.15, -0.1) is 0 Å². The summed E-state index contributed by atoms with van der Waals surface area (Å²) >= 11 is 0. The lowest BCUT2D eigenvalue weighted by atomic mass is 9.89. The van der Waals surface area contributed by atoms with E-state index in [9.17, 15) is 14.7 Å². The number of amides is 2. The molecule has 7 nitrogen and oxygen atoms in total. The largest absolute Gasteiger partial charge is 0.389 e. The summed E-state index contributed by atoms with van der Waals surface area (Å²) in [5, 5.41) is 13.1. The number of rotatable bonds is 5. The van der Waals surface area contributed by atoms with E-state index in [2.05, 4.69) is 5.32 Å². The minimum atomic E-state index is -0.667. The van der Waals surface area contributed by atoms with Gasteiger partial charge in [-0.05, 0) is 31.6 Å². The van der Waals surface area contributed by atoms with Crippen LogP contribution >= 0.6 is 0 Å². The van der Waals surface area contributed by atoms with Crippen LogP contribution in [0.4, 0.5) is 0 Å². The third-order valence-corrected chi connectivity index (χ3v) is 6.33. The Morgan fingerprint density at radius 1 is 1.11 bits per heavy atom. The smallest absolute Gasteiger partial charge is 0.222 e. The van der Waals surface area contributed by atoms with Gasteiger partial charge >= 0.3 is 0 Å². The first-order chi connectivity index (χ1) is 13.6. The number of hydrogen-bond acceptors (Lipinski definition) is 5. The molecule has 3 aliphatic rings. The molecule has 0 radical (unpaired) electrons. The minimum Gasteiger partial charge on any atom is -0.389 e. The van der Waals surface area contributed by atoms with Crippen molar-refractivity contribution in [1.29, 1.82) is 0 Å². The fraction of sp³-hybridized carbons (Fsp3) is 0.905. The number of fused-ring (bicyclic) bond motifs is 1. The SMILES string of the molecule is CCC(=O)N1C[C@@H](O)COC[C@H]2O[C@H](CC(=O)NCC3CCCCC3)CC[C@@H]21. The molecule has 2 heterocycles. The highest BCUT2D eigenvalue weighted by Crippen LogP contribution is 2.28. The molecule has 2 aliphatic heterocycles. The topological polar surface area (TPSA) is 88.1 Å². The number of nitrogens with one attached hydrogen (secondary N) is 1. The summed E-state index contributed by atoms with van der Waals surface area (Å²) in [5.41, 5.74) is 0. The second-order valence-corrected chi connectivity index (χ2v) is 8.54. The van der Waals surface area contributed by atoms with Gasteiger partial charge in [-0.2, -0.15) is 0 Å². The third-order valence-electron chi connectivity index (χ3n) is 6.33. The van der Waals surface area contributed by atoms with Gasteiger partial charge in [0, 0.05) is 19.5 Å². The lowest BCUT2D eigenvalue weighted by Gasteiger charge is -2.44. The molecule has 4 atom stereocenters. The molecule has 0 spiro atoms. The first kappa shape index (κ1) is 21.5. The van der Waals surface area contributed by atoms with Gasteiger partial charge in [-0.1, -0.05) is 26.2 Å². The van der Waals surface area contributed by atoms with Gasteiger partial charge in [0.1, 0.15) is 6.10 Å². The van der Waals surface area contributed by atoms with Crippen molar-refractivity contribution in [3.63, 3.8) is 0 Å². The fourth-order valence-corrected chi connectivity index (χ4v) is 4.76. The summed E-state index contributed by atoms with van der Waals surface area (Å²) < 4.78 is 11.8. The van der Waals surface area contributed by atoms with Crippen LogP contribution in [0.15, 0.2) is 0 Å². The standard InChI is InChI=1S/C21H36N2O5/c1-2-21(26)23-12-16(24)13-27-14-19-18(23)9-8-17(28-19)10-20(25)22-11-15-6-4-3-5-7-15/h15-19,24H,2-14H2,1H3,(H,22,25)/t16-,17+,18+,19-/m1/s1. The Morgan fingerprint density at radius 3 is 2.64 bits per heavy atom. The molecule has 0 bridgehead atoms. The molecule has 2 saturated heterocycles. The highest BCUT2D eigenvalue weighted by atomic mass is 16.5. The number of aliphatic hydroxyl groups is 1. The zero-order valence-corrected chi connectivity index (χ0v) is 17.1. The highest BCUT2D eigenvalue weighted by Gasteiger charge is 2.39.